The number of rotatable bonds is 0. The Morgan fingerprint density at radius 1 is 0.714 bits per heavy atom. The Morgan fingerprint density at radius 3 is 0.714 bits per heavy atom. The molecule has 0 aromatic carbocycles. The topological polar surface area (TPSA) is 17.1 Å². The number of hydrogen-bond donors (Lipinski definition) is 0. The van der Waals surface area contributed by atoms with Crippen LogP contribution in [0.15, 0.2) is 0 Å². The van der Waals surface area contributed by atoms with Crippen molar-refractivity contribution in [3.8, 4) is 0 Å². The van der Waals surface area contributed by atoms with Crippen molar-refractivity contribution in [3.05, 3.63) is 0 Å². The fraction of sp³-hybridized carbons (Fsp3) is 0. The van der Waals surface area contributed by atoms with Gasteiger partial charge in [-0.2, -0.15) is 0 Å². The number of hydrogen-bond acceptors (Lipinski definition) is 1. The summed E-state index contributed by atoms with van der Waals surface area (Å²) < 4.78 is 0. The largest absolute Gasteiger partial charge is 4.00 e. The Kier molecular flexibility index (Phi) is 1610. The van der Waals surface area contributed by atoms with Crippen LogP contribution in [0.25, 0.3) is 0 Å². The van der Waals surface area contributed by atoms with Gasteiger partial charge < -0.3 is 49.6 Å². The fourth-order valence-electron chi connectivity index (χ4n) is 0. The predicted octanol–water partition coefficient (Wildman–Crippen LogP) is -12.4. The van der Waals surface area contributed by atoms with Gasteiger partial charge in [-0.25, -0.2) is 0 Å². The van der Waals surface area contributed by atoms with Gasteiger partial charge in [-0.05, 0) is 0 Å². The summed E-state index contributed by atoms with van der Waals surface area (Å²) in [7, 11) is 0. The summed E-state index contributed by atoms with van der Waals surface area (Å²) in [6.45, 7) is 4.50. The van der Waals surface area contributed by atoms with Crippen LogP contribution in [0.1, 0.15) is 0 Å². The summed E-state index contributed by atoms with van der Waals surface area (Å²) in [5, 5.41) is 0. The molecule has 0 bridgehead atoms. The Hall–Kier alpha value is 1.47. The van der Waals surface area contributed by atoms with E-state index in [1.54, 1.807) is 0 Å². The quantitative estimate of drug-likeness (QED) is 0.420. The molecule has 0 aliphatic carbocycles. The van der Waals surface area contributed by atoms with Gasteiger partial charge in [0.15, 0.2) is 0 Å². The Bertz CT molecular complexity index is 11.7. The molecule has 0 fully saturated rings. The number of carbonyl (C=O) groups excluding carboxylic acids is 1. The van der Waals surface area contributed by atoms with Crippen molar-refractivity contribution < 1.29 is 74.2 Å². The molecule has 0 aromatic rings. The molecule has 0 saturated heterocycles. The summed E-state index contributed by atoms with van der Waals surface area (Å²) in [6, 6.07) is 0. The Balaban J connectivity index is -0.000000000500. The van der Waals surface area contributed by atoms with Gasteiger partial charge in [-0.15, -0.1) is 0 Å². The second-order valence-electron chi connectivity index (χ2n) is 0. The van der Waals surface area contributed by atoms with Gasteiger partial charge in [-0.3, -0.25) is 4.79 Å². The van der Waals surface area contributed by atoms with E-state index in [9.17, 15) is 0 Å². The smallest absolute Gasteiger partial charge is 1.00 e. The molecule has 0 aliphatic rings. The van der Waals surface area contributed by atoms with E-state index in [0.29, 0.717) is 0 Å². The molecule has 1 nitrogen and oxygen atoms in total. The zero-order valence-electron chi connectivity index (χ0n) is 2.77. The number of halogens is 4. The molecule has 7 heavy (non-hydrogen) atoms. The van der Waals surface area contributed by atoms with E-state index < -0.39 is 0 Å². The van der Waals surface area contributed by atoms with Crippen molar-refractivity contribution in [2.75, 3.05) is 0 Å². The first-order valence-electron chi connectivity index (χ1n) is 0.204. The average molecular weight is 360 g/mol. The third-order valence-electron chi connectivity index (χ3n) is 0. The zero-order chi connectivity index (χ0) is 2.00. The summed E-state index contributed by atoms with van der Waals surface area (Å²) in [6.07, 6.45) is 0. The monoisotopic (exact) mass is 360 g/mol. The maximum absolute atomic E-state index is 7.50. The second-order valence-corrected chi connectivity index (χ2v) is 0. The third-order valence-corrected chi connectivity index (χ3v) is 0. The first-order valence-corrected chi connectivity index (χ1v) is 0.204. The molecule has 0 aliphatic heterocycles. The minimum Gasteiger partial charge on any atom is -1.00 e. The van der Waals surface area contributed by atoms with Crippen molar-refractivity contribution in [2.45, 2.75) is 0 Å². The minimum absolute atomic E-state index is 0. The van der Waals surface area contributed by atoms with Crippen LogP contribution >= 0.6 is 0 Å². The van der Waals surface area contributed by atoms with Gasteiger partial charge >= 0.3 is 19.8 Å². The summed E-state index contributed by atoms with van der Waals surface area (Å²) in [4.78, 5) is 7.50. The van der Waals surface area contributed by atoms with Crippen molar-refractivity contribution in [2.24, 2.45) is 0 Å². The SMILES string of the molecule is [C]=O.[Cl-].[Cl-].[Cl-].[Cl-].[Os+4]. The summed E-state index contributed by atoms with van der Waals surface area (Å²) >= 11 is 0. The molecule has 0 amide bonds. The second kappa shape index (κ2) is 145. The van der Waals surface area contributed by atoms with Crippen LogP contribution in [0.4, 0.5) is 0 Å². The van der Waals surface area contributed by atoms with Gasteiger partial charge in [0, 0.05) is 0 Å². The molecule has 0 rings (SSSR count). The third kappa shape index (κ3) is 104. The van der Waals surface area contributed by atoms with Crippen LogP contribution in [0.5, 0.6) is 0 Å². The molecule has 0 N–H and O–H groups in total. The molecule has 0 atom stereocenters. The maximum Gasteiger partial charge on any atom is 4.00 e. The van der Waals surface area contributed by atoms with Crippen molar-refractivity contribution in [1.29, 1.82) is 0 Å². The predicted molar refractivity (Wildman–Crippen MR) is 5.69 cm³/mol. The van der Waals surface area contributed by atoms with E-state index >= 15 is 0 Å². The molecule has 6 heteroatoms. The molecule has 46 valence electrons. The van der Waals surface area contributed by atoms with Gasteiger partial charge in [0.2, 0.25) is 0 Å². The van der Waals surface area contributed by atoms with E-state index in [-0.39, 0.29) is 69.4 Å². The Morgan fingerprint density at radius 2 is 0.714 bits per heavy atom. The zero-order valence-corrected chi connectivity index (χ0v) is 8.34. The van der Waals surface area contributed by atoms with Crippen LogP contribution < -0.4 is 49.6 Å². The fourth-order valence-corrected chi connectivity index (χ4v) is 0. The molecule has 0 aromatic heterocycles. The normalized spacial score (nSPS) is 0.571. The van der Waals surface area contributed by atoms with Gasteiger partial charge in [-0.1, -0.05) is 0 Å². The van der Waals surface area contributed by atoms with Crippen LogP contribution in [-0.4, -0.2) is 6.79 Å². The van der Waals surface area contributed by atoms with Gasteiger partial charge in [0.25, 0.3) is 6.79 Å². The van der Waals surface area contributed by atoms with Crippen LogP contribution in [-0.2, 0) is 24.6 Å². The molecule has 0 unspecified atom stereocenters. The van der Waals surface area contributed by atoms with Gasteiger partial charge in [0.1, 0.15) is 0 Å². The Labute approximate surface area is 80.7 Å². The first kappa shape index (κ1) is 77.6. The van der Waals surface area contributed by atoms with Crippen LogP contribution in [0.3, 0.4) is 0 Å². The average Bonchev–Trinajstić information content (AvgIpc) is 1.00. The van der Waals surface area contributed by atoms with E-state index in [2.05, 4.69) is 6.79 Å². The first-order chi connectivity index (χ1) is 1.00. The molecule has 0 spiro atoms. The van der Waals surface area contributed by atoms with Crippen LogP contribution in [0, 0.1) is 0 Å². The van der Waals surface area contributed by atoms with E-state index in [1.807, 2.05) is 0 Å². The summed E-state index contributed by atoms with van der Waals surface area (Å²) in [5.74, 6) is 0. The van der Waals surface area contributed by atoms with E-state index in [0.717, 1.165) is 0 Å². The van der Waals surface area contributed by atoms with E-state index in [4.69, 9.17) is 4.79 Å². The molecule has 0 heterocycles. The molecule has 2 radical (unpaired) electrons. The van der Waals surface area contributed by atoms with Crippen LogP contribution in [0.2, 0.25) is 0 Å². The minimum atomic E-state index is 0. The molecular formula is CCl4OOs. The van der Waals surface area contributed by atoms with Crippen molar-refractivity contribution in [3.63, 3.8) is 0 Å². The van der Waals surface area contributed by atoms with Gasteiger partial charge in [0.05, 0.1) is 0 Å². The van der Waals surface area contributed by atoms with Crippen molar-refractivity contribution >= 4 is 6.79 Å². The van der Waals surface area contributed by atoms with E-state index in [1.165, 1.54) is 0 Å². The standard InChI is InChI=1S/CO.4ClH.Os/c1-2;;;;;/h;4*1H;/q;;;;;+4/p-4. The molecular weight excluding hydrogens is 360 g/mol. The summed E-state index contributed by atoms with van der Waals surface area (Å²) in [5.41, 5.74) is 0. The van der Waals surface area contributed by atoms with Crippen molar-refractivity contribution in [1.82, 2.24) is 0 Å². The molecule has 0 saturated carbocycles. The maximum atomic E-state index is 7.50.